The zero-order chi connectivity index (χ0) is 15.6. The van der Waals surface area contributed by atoms with Gasteiger partial charge in [-0.2, -0.15) is 0 Å². The van der Waals surface area contributed by atoms with Gasteiger partial charge in [0.05, 0.1) is 17.7 Å². The molecule has 2 aromatic rings. The van der Waals surface area contributed by atoms with E-state index in [9.17, 15) is 9.18 Å². The number of carbonyl (C=O) groups is 1. The van der Waals surface area contributed by atoms with Crippen LogP contribution in [0, 0.1) is 9.39 Å². The van der Waals surface area contributed by atoms with Gasteiger partial charge in [-0.15, -0.1) is 0 Å². The minimum atomic E-state index is -0.592. The molecule has 0 aliphatic heterocycles. The monoisotopic (exact) mass is 420 g/mol. The Morgan fingerprint density at radius 1 is 1.52 bits per heavy atom. The maximum absolute atomic E-state index is 14.0. The van der Waals surface area contributed by atoms with Crippen LogP contribution in [0.3, 0.4) is 0 Å². The molecule has 21 heavy (non-hydrogen) atoms. The Morgan fingerprint density at radius 2 is 2.24 bits per heavy atom. The third kappa shape index (κ3) is 3.44. The lowest BCUT2D eigenvalue weighted by atomic mass is 10.0. The Balaban J connectivity index is 2.51. The van der Waals surface area contributed by atoms with Gasteiger partial charge in [0.2, 0.25) is 0 Å². The SMILES string of the molecule is COC(=O)c1cnc(N)c(Cl)c1Cc1ccc(I)cc1F. The molecule has 0 atom stereocenters. The number of rotatable bonds is 3. The molecule has 0 fully saturated rings. The highest BCUT2D eigenvalue weighted by molar-refractivity contribution is 14.1. The summed E-state index contributed by atoms with van der Waals surface area (Å²) in [6.07, 6.45) is 1.41. The van der Waals surface area contributed by atoms with E-state index in [4.69, 9.17) is 17.3 Å². The first kappa shape index (κ1) is 16.0. The van der Waals surface area contributed by atoms with E-state index in [1.165, 1.54) is 19.4 Å². The fourth-order valence-corrected chi connectivity index (χ4v) is 2.53. The quantitative estimate of drug-likeness (QED) is 0.610. The number of methoxy groups -OCH3 is 1. The summed E-state index contributed by atoms with van der Waals surface area (Å²) in [6, 6.07) is 4.83. The van der Waals surface area contributed by atoms with Crippen LogP contribution in [0.25, 0.3) is 0 Å². The number of carbonyl (C=O) groups excluding carboxylic acids is 1. The fourth-order valence-electron chi connectivity index (χ4n) is 1.86. The van der Waals surface area contributed by atoms with Crippen molar-refractivity contribution >= 4 is 46.0 Å². The van der Waals surface area contributed by atoms with Crippen molar-refractivity contribution in [3.05, 3.63) is 55.5 Å². The predicted molar refractivity (Wildman–Crippen MR) is 86.9 cm³/mol. The van der Waals surface area contributed by atoms with E-state index in [1.54, 1.807) is 12.1 Å². The molecule has 2 rings (SSSR count). The number of hydrogen-bond acceptors (Lipinski definition) is 4. The Hall–Kier alpha value is -1.41. The molecule has 0 spiro atoms. The molecule has 4 nitrogen and oxygen atoms in total. The molecular formula is C14H11ClFIN2O2. The van der Waals surface area contributed by atoms with Gasteiger partial charge < -0.3 is 10.5 Å². The molecule has 2 N–H and O–H groups in total. The zero-order valence-corrected chi connectivity index (χ0v) is 13.9. The van der Waals surface area contributed by atoms with Crippen LogP contribution >= 0.6 is 34.2 Å². The number of pyridine rings is 1. The number of nitrogens with two attached hydrogens (primary N) is 1. The highest BCUT2D eigenvalue weighted by atomic mass is 127. The molecule has 0 radical (unpaired) electrons. The average molecular weight is 421 g/mol. The van der Waals surface area contributed by atoms with E-state index in [0.717, 1.165) is 3.57 Å². The molecule has 0 unspecified atom stereocenters. The molecule has 1 aromatic carbocycles. The average Bonchev–Trinajstić information content (AvgIpc) is 2.45. The van der Waals surface area contributed by atoms with Gasteiger partial charge in [-0.1, -0.05) is 17.7 Å². The number of nitrogen functional groups attached to an aromatic ring is 1. The summed E-state index contributed by atoms with van der Waals surface area (Å²) >= 11 is 8.13. The third-order valence-electron chi connectivity index (χ3n) is 2.94. The summed E-state index contributed by atoms with van der Waals surface area (Å²) in [5, 5.41) is 0.135. The van der Waals surface area contributed by atoms with Crippen LogP contribution in [0.4, 0.5) is 10.2 Å². The second kappa shape index (κ2) is 6.57. The minimum Gasteiger partial charge on any atom is -0.465 e. The van der Waals surface area contributed by atoms with Crippen molar-refractivity contribution in [3.63, 3.8) is 0 Å². The first-order valence-electron chi connectivity index (χ1n) is 5.89. The van der Waals surface area contributed by atoms with Gasteiger partial charge in [-0.05, 0) is 45.9 Å². The number of aromatic nitrogens is 1. The van der Waals surface area contributed by atoms with E-state index in [0.29, 0.717) is 11.1 Å². The summed E-state index contributed by atoms with van der Waals surface area (Å²) in [4.78, 5) is 15.6. The number of esters is 1. The van der Waals surface area contributed by atoms with Crippen molar-refractivity contribution in [2.75, 3.05) is 12.8 Å². The van der Waals surface area contributed by atoms with Crippen molar-refractivity contribution in [2.45, 2.75) is 6.42 Å². The third-order valence-corrected chi connectivity index (χ3v) is 4.03. The van der Waals surface area contributed by atoms with E-state index in [-0.39, 0.29) is 28.6 Å². The first-order chi connectivity index (χ1) is 9.93. The summed E-state index contributed by atoms with van der Waals surface area (Å²) in [6.45, 7) is 0. The fraction of sp³-hybridized carbons (Fsp3) is 0.143. The molecule has 1 aromatic heterocycles. The molecule has 1 heterocycles. The molecule has 0 aliphatic rings. The van der Waals surface area contributed by atoms with E-state index in [2.05, 4.69) is 9.72 Å². The Kier molecular flexibility index (Phi) is 5.00. The lowest BCUT2D eigenvalue weighted by Gasteiger charge is -2.12. The van der Waals surface area contributed by atoms with Crippen molar-refractivity contribution in [1.29, 1.82) is 0 Å². The van der Waals surface area contributed by atoms with Gasteiger partial charge in [0.1, 0.15) is 11.6 Å². The summed E-state index contributed by atoms with van der Waals surface area (Å²) in [5.74, 6) is -0.875. The Morgan fingerprint density at radius 3 is 2.86 bits per heavy atom. The standard InChI is InChI=1S/C14H11ClFIN2O2/c1-21-14(20)10-6-19-13(18)12(15)9(10)4-7-2-3-8(17)5-11(7)16/h2-3,5-6H,4H2,1H3,(H2,18,19). The molecular weight excluding hydrogens is 410 g/mol. The summed E-state index contributed by atoms with van der Waals surface area (Å²) in [7, 11) is 1.25. The molecule has 0 aliphatic carbocycles. The number of hydrogen-bond donors (Lipinski definition) is 1. The Labute approximate surface area is 139 Å². The van der Waals surface area contributed by atoms with Crippen molar-refractivity contribution in [3.8, 4) is 0 Å². The molecule has 0 amide bonds. The van der Waals surface area contributed by atoms with Crippen LogP contribution in [0.15, 0.2) is 24.4 Å². The van der Waals surface area contributed by atoms with Crippen LogP contribution in [0.1, 0.15) is 21.5 Å². The largest absolute Gasteiger partial charge is 0.465 e. The molecule has 7 heteroatoms. The lowest BCUT2D eigenvalue weighted by molar-refractivity contribution is 0.0599. The van der Waals surface area contributed by atoms with Gasteiger partial charge in [0.25, 0.3) is 0 Å². The van der Waals surface area contributed by atoms with E-state index < -0.39 is 5.97 Å². The van der Waals surface area contributed by atoms with Crippen LogP contribution in [-0.2, 0) is 11.2 Å². The van der Waals surface area contributed by atoms with Gasteiger partial charge in [-0.25, -0.2) is 14.2 Å². The second-order valence-corrected chi connectivity index (χ2v) is 5.88. The van der Waals surface area contributed by atoms with Crippen molar-refractivity contribution in [1.82, 2.24) is 4.98 Å². The van der Waals surface area contributed by atoms with Crippen LogP contribution < -0.4 is 5.73 Å². The smallest absolute Gasteiger partial charge is 0.339 e. The molecule has 0 saturated heterocycles. The summed E-state index contributed by atoms with van der Waals surface area (Å²) in [5.41, 5.74) is 6.64. The number of halogens is 3. The van der Waals surface area contributed by atoms with Crippen molar-refractivity contribution in [2.24, 2.45) is 0 Å². The normalized spacial score (nSPS) is 10.5. The van der Waals surface area contributed by atoms with Crippen LogP contribution in [0.2, 0.25) is 5.02 Å². The van der Waals surface area contributed by atoms with Crippen LogP contribution in [0.5, 0.6) is 0 Å². The maximum atomic E-state index is 14.0. The highest BCUT2D eigenvalue weighted by Gasteiger charge is 2.19. The summed E-state index contributed by atoms with van der Waals surface area (Å²) < 4.78 is 19.4. The van der Waals surface area contributed by atoms with Crippen LogP contribution in [-0.4, -0.2) is 18.1 Å². The van der Waals surface area contributed by atoms with Gasteiger partial charge in [-0.3, -0.25) is 0 Å². The minimum absolute atomic E-state index is 0.0882. The molecule has 0 bridgehead atoms. The van der Waals surface area contributed by atoms with Crippen molar-refractivity contribution < 1.29 is 13.9 Å². The number of ether oxygens (including phenoxy) is 1. The van der Waals surface area contributed by atoms with E-state index >= 15 is 0 Å². The molecule has 0 saturated carbocycles. The van der Waals surface area contributed by atoms with Gasteiger partial charge in [0, 0.05) is 16.2 Å². The van der Waals surface area contributed by atoms with E-state index in [1.807, 2.05) is 22.6 Å². The lowest BCUT2D eigenvalue weighted by Crippen LogP contribution is -2.10. The maximum Gasteiger partial charge on any atom is 0.339 e. The number of anilines is 1. The topological polar surface area (TPSA) is 65.2 Å². The zero-order valence-electron chi connectivity index (χ0n) is 11.0. The molecule has 110 valence electrons. The van der Waals surface area contributed by atoms with Gasteiger partial charge >= 0.3 is 5.97 Å². The first-order valence-corrected chi connectivity index (χ1v) is 7.34. The second-order valence-electron chi connectivity index (χ2n) is 4.25. The predicted octanol–water partition coefficient (Wildman–Crippen LogP) is 3.44. The number of nitrogens with zero attached hydrogens (tertiary/aromatic N) is 1. The highest BCUT2D eigenvalue weighted by Crippen LogP contribution is 2.28. The number of benzene rings is 1. The Bertz CT molecular complexity index is 710. The van der Waals surface area contributed by atoms with Gasteiger partial charge in [0.15, 0.2) is 0 Å².